The summed E-state index contributed by atoms with van der Waals surface area (Å²) in [5, 5.41) is 7.19. The number of oxazole rings is 1. The second-order valence-corrected chi connectivity index (χ2v) is 8.71. The number of carbonyl (C=O) groups excluding carboxylic acids is 1. The van der Waals surface area contributed by atoms with Gasteiger partial charge in [0.25, 0.3) is 5.91 Å². The maximum absolute atomic E-state index is 13.1. The van der Waals surface area contributed by atoms with Crippen LogP contribution in [0.1, 0.15) is 10.4 Å². The molecule has 5 heteroatoms. The lowest BCUT2D eigenvalue weighted by molar-refractivity contribution is 0.102. The zero-order valence-corrected chi connectivity index (χ0v) is 19.0. The van der Waals surface area contributed by atoms with E-state index in [1.165, 1.54) is 5.39 Å². The average molecular weight is 493 g/mol. The molecule has 4 nitrogen and oxygen atoms in total. The Kier molecular flexibility index (Phi) is 4.70. The van der Waals surface area contributed by atoms with Crippen molar-refractivity contribution in [2.24, 2.45) is 0 Å². The fourth-order valence-corrected chi connectivity index (χ4v) is 4.62. The molecule has 0 bridgehead atoms. The van der Waals surface area contributed by atoms with Gasteiger partial charge in [-0.2, -0.15) is 0 Å². The van der Waals surface area contributed by atoms with Gasteiger partial charge in [-0.3, -0.25) is 4.79 Å². The molecular formula is C28H17BrN2O2. The molecule has 0 aliphatic carbocycles. The second kappa shape index (κ2) is 7.87. The average Bonchev–Trinajstić information content (AvgIpc) is 3.27. The molecule has 6 aromatic rings. The molecule has 0 aliphatic heterocycles. The monoisotopic (exact) mass is 492 g/mol. The lowest BCUT2D eigenvalue weighted by atomic mass is 10.0. The number of benzene rings is 5. The second-order valence-electron chi connectivity index (χ2n) is 7.86. The van der Waals surface area contributed by atoms with Gasteiger partial charge in [-0.05, 0) is 64.0 Å². The highest BCUT2D eigenvalue weighted by Gasteiger charge is 2.14. The van der Waals surface area contributed by atoms with Crippen LogP contribution < -0.4 is 5.32 Å². The Morgan fingerprint density at radius 1 is 0.788 bits per heavy atom. The lowest BCUT2D eigenvalue weighted by Crippen LogP contribution is -2.12. The molecule has 1 N–H and O–H groups in total. The summed E-state index contributed by atoms with van der Waals surface area (Å²) in [6.07, 6.45) is 0. The van der Waals surface area contributed by atoms with Gasteiger partial charge < -0.3 is 9.73 Å². The molecule has 33 heavy (non-hydrogen) atoms. The van der Waals surface area contributed by atoms with Crippen LogP contribution in [0.15, 0.2) is 106 Å². The Hall–Kier alpha value is -3.96. The van der Waals surface area contributed by atoms with Crippen molar-refractivity contribution in [3.63, 3.8) is 0 Å². The number of rotatable bonds is 3. The van der Waals surface area contributed by atoms with Crippen LogP contribution in [0, 0.1) is 0 Å². The van der Waals surface area contributed by atoms with Crippen LogP contribution in [0.3, 0.4) is 0 Å². The first-order chi connectivity index (χ1) is 16.2. The summed E-state index contributed by atoms with van der Waals surface area (Å²) >= 11 is 3.56. The van der Waals surface area contributed by atoms with E-state index in [-0.39, 0.29) is 5.91 Å². The van der Waals surface area contributed by atoms with E-state index in [0.29, 0.717) is 28.2 Å². The van der Waals surface area contributed by atoms with E-state index in [4.69, 9.17) is 4.42 Å². The molecule has 1 heterocycles. The molecule has 0 aliphatic rings. The molecule has 1 amide bonds. The first-order valence-electron chi connectivity index (χ1n) is 10.5. The number of nitrogens with zero attached hydrogens (tertiary/aromatic N) is 1. The summed E-state index contributed by atoms with van der Waals surface area (Å²) in [7, 11) is 0. The molecule has 0 saturated heterocycles. The number of nitrogens with one attached hydrogen (secondary N) is 1. The minimum Gasteiger partial charge on any atom is -0.436 e. The zero-order valence-electron chi connectivity index (χ0n) is 17.4. The standard InChI is InChI=1S/C28H17BrN2O2/c29-24-10-4-7-21-22(24)8-3-9-23(21)27(32)30-20-13-14-26-25(16-20)31-28(33-26)19-12-11-17-5-1-2-6-18(17)15-19/h1-16H,(H,30,32). The maximum Gasteiger partial charge on any atom is 0.256 e. The molecule has 6 rings (SSSR count). The SMILES string of the molecule is O=C(Nc1ccc2oc(-c3ccc4ccccc4c3)nc2c1)c1cccc2c(Br)cccc12. The predicted molar refractivity (Wildman–Crippen MR) is 137 cm³/mol. The lowest BCUT2D eigenvalue weighted by Gasteiger charge is -2.09. The maximum atomic E-state index is 13.1. The Morgan fingerprint density at radius 2 is 1.61 bits per heavy atom. The van der Waals surface area contributed by atoms with Crippen LogP contribution in [0.25, 0.3) is 44.1 Å². The molecule has 0 atom stereocenters. The smallest absolute Gasteiger partial charge is 0.256 e. The normalized spacial score (nSPS) is 11.3. The van der Waals surface area contributed by atoms with Gasteiger partial charge in [0.05, 0.1) is 0 Å². The first kappa shape index (κ1) is 19.7. The summed E-state index contributed by atoms with van der Waals surface area (Å²) in [5.41, 5.74) is 3.56. The molecule has 1 aromatic heterocycles. The molecule has 5 aromatic carbocycles. The number of hydrogen-bond acceptors (Lipinski definition) is 3. The quantitative estimate of drug-likeness (QED) is 0.274. The zero-order chi connectivity index (χ0) is 22.4. The van der Waals surface area contributed by atoms with Crippen LogP contribution >= 0.6 is 15.9 Å². The van der Waals surface area contributed by atoms with Gasteiger partial charge in [0, 0.05) is 21.3 Å². The summed E-state index contributed by atoms with van der Waals surface area (Å²) in [6, 6.07) is 31.4. The highest BCUT2D eigenvalue weighted by molar-refractivity contribution is 9.10. The van der Waals surface area contributed by atoms with E-state index in [0.717, 1.165) is 26.2 Å². The van der Waals surface area contributed by atoms with E-state index >= 15 is 0 Å². The summed E-state index contributed by atoms with van der Waals surface area (Å²) in [4.78, 5) is 17.7. The van der Waals surface area contributed by atoms with E-state index < -0.39 is 0 Å². The van der Waals surface area contributed by atoms with Crippen LogP contribution in [-0.2, 0) is 0 Å². The number of halogens is 1. The summed E-state index contributed by atoms with van der Waals surface area (Å²) < 4.78 is 6.95. The van der Waals surface area contributed by atoms with Gasteiger partial charge in [-0.25, -0.2) is 4.98 Å². The fourth-order valence-electron chi connectivity index (χ4n) is 4.12. The minimum absolute atomic E-state index is 0.170. The van der Waals surface area contributed by atoms with Crippen molar-refractivity contribution in [3.8, 4) is 11.5 Å². The Balaban J connectivity index is 1.33. The topological polar surface area (TPSA) is 55.1 Å². The van der Waals surface area contributed by atoms with Crippen LogP contribution in [0.2, 0.25) is 0 Å². The van der Waals surface area contributed by atoms with Gasteiger partial charge in [0.1, 0.15) is 5.52 Å². The molecule has 0 fully saturated rings. The number of fused-ring (bicyclic) bond motifs is 3. The Labute approximate surface area is 198 Å². The van der Waals surface area contributed by atoms with Gasteiger partial charge >= 0.3 is 0 Å². The molecule has 0 radical (unpaired) electrons. The van der Waals surface area contributed by atoms with Crippen molar-refractivity contribution in [1.82, 2.24) is 4.98 Å². The third kappa shape index (κ3) is 3.56. The van der Waals surface area contributed by atoms with Gasteiger partial charge in [-0.15, -0.1) is 0 Å². The number of carbonyl (C=O) groups is 1. The summed E-state index contributed by atoms with van der Waals surface area (Å²) in [5.74, 6) is 0.384. The van der Waals surface area contributed by atoms with Crippen LogP contribution in [-0.4, -0.2) is 10.9 Å². The molecular weight excluding hydrogens is 476 g/mol. The minimum atomic E-state index is -0.170. The van der Waals surface area contributed by atoms with Crippen molar-refractivity contribution >= 4 is 60.2 Å². The predicted octanol–water partition coefficient (Wildman–Crippen LogP) is 7.82. The highest BCUT2D eigenvalue weighted by Crippen LogP contribution is 2.30. The Bertz CT molecular complexity index is 1690. The molecule has 0 unspecified atom stereocenters. The van der Waals surface area contributed by atoms with Gasteiger partial charge in [-0.1, -0.05) is 70.5 Å². The number of anilines is 1. The molecule has 0 spiro atoms. The fraction of sp³-hybridized carbons (Fsp3) is 0. The van der Waals surface area contributed by atoms with Crippen molar-refractivity contribution < 1.29 is 9.21 Å². The number of aromatic nitrogens is 1. The van der Waals surface area contributed by atoms with Crippen LogP contribution in [0.4, 0.5) is 5.69 Å². The van der Waals surface area contributed by atoms with Crippen LogP contribution in [0.5, 0.6) is 0 Å². The third-order valence-corrected chi connectivity index (χ3v) is 6.45. The number of hydrogen-bond donors (Lipinski definition) is 1. The van der Waals surface area contributed by atoms with E-state index in [1.807, 2.05) is 72.8 Å². The third-order valence-electron chi connectivity index (χ3n) is 5.76. The van der Waals surface area contributed by atoms with Gasteiger partial charge in [0.15, 0.2) is 5.58 Å². The van der Waals surface area contributed by atoms with E-state index in [1.54, 1.807) is 0 Å². The molecule has 0 saturated carbocycles. The largest absolute Gasteiger partial charge is 0.436 e. The van der Waals surface area contributed by atoms with Gasteiger partial charge in [0.2, 0.25) is 5.89 Å². The highest BCUT2D eigenvalue weighted by atomic mass is 79.9. The summed E-state index contributed by atoms with van der Waals surface area (Å²) in [6.45, 7) is 0. The molecule has 158 valence electrons. The first-order valence-corrected chi connectivity index (χ1v) is 11.3. The van der Waals surface area contributed by atoms with Crippen molar-refractivity contribution in [2.45, 2.75) is 0 Å². The van der Waals surface area contributed by atoms with Crippen molar-refractivity contribution in [3.05, 3.63) is 107 Å². The van der Waals surface area contributed by atoms with E-state index in [9.17, 15) is 4.79 Å². The number of amides is 1. The van der Waals surface area contributed by atoms with E-state index in [2.05, 4.69) is 50.5 Å². The van der Waals surface area contributed by atoms with Crippen molar-refractivity contribution in [2.75, 3.05) is 5.32 Å². The van der Waals surface area contributed by atoms with Crippen molar-refractivity contribution in [1.29, 1.82) is 0 Å². The Morgan fingerprint density at radius 3 is 2.52 bits per heavy atom.